The smallest absolute Gasteiger partial charge is 0.272 e. The van der Waals surface area contributed by atoms with E-state index in [2.05, 4.69) is 4.98 Å². The van der Waals surface area contributed by atoms with E-state index in [9.17, 15) is 14.5 Å². The molecule has 2 rings (SSSR count). The molecule has 0 atom stereocenters. The summed E-state index contributed by atoms with van der Waals surface area (Å²) < 4.78 is 19.0. The highest BCUT2D eigenvalue weighted by Crippen LogP contribution is 2.28. The number of hydrogen-bond donors (Lipinski definition) is 1. The number of nitrogens with zero attached hydrogens (tertiary/aromatic N) is 2. The molecule has 20 heavy (non-hydrogen) atoms. The highest BCUT2D eigenvalue weighted by atomic mass is 19.1. The van der Waals surface area contributed by atoms with E-state index in [1.54, 1.807) is 13.0 Å². The second-order valence-electron chi connectivity index (χ2n) is 4.14. The van der Waals surface area contributed by atoms with Gasteiger partial charge in [0.05, 0.1) is 11.0 Å². The Balaban J connectivity index is 2.28. The standard InChI is InChI=1S/C13H12FN3O3/c1-8-4-9(6-15)7-16-13(8)20-12-3-2-10(17(18)19)5-11(12)14/h2-5,7H,6,15H2,1H3. The molecule has 2 N–H and O–H groups in total. The van der Waals surface area contributed by atoms with E-state index in [0.29, 0.717) is 12.1 Å². The summed E-state index contributed by atoms with van der Waals surface area (Å²) in [6.07, 6.45) is 1.53. The number of rotatable bonds is 4. The molecule has 0 saturated heterocycles. The largest absolute Gasteiger partial charge is 0.436 e. The van der Waals surface area contributed by atoms with E-state index < -0.39 is 10.7 Å². The Morgan fingerprint density at radius 3 is 2.75 bits per heavy atom. The van der Waals surface area contributed by atoms with Gasteiger partial charge in [0.2, 0.25) is 5.88 Å². The van der Waals surface area contributed by atoms with E-state index in [0.717, 1.165) is 11.6 Å². The number of nitrogens with two attached hydrogens (primary N) is 1. The Bertz CT molecular complexity index is 661. The molecule has 1 aromatic heterocycles. The summed E-state index contributed by atoms with van der Waals surface area (Å²) in [5.74, 6) is -0.704. The Morgan fingerprint density at radius 1 is 1.45 bits per heavy atom. The van der Waals surface area contributed by atoms with Crippen LogP contribution in [0.15, 0.2) is 30.5 Å². The van der Waals surface area contributed by atoms with E-state index in [-0.39, 0.29) is 17.3 Å². The fourth-order valence-electron chi connectivity index (χ4n) is 1.63. The third kappa shape index (κ3) is 2.89. The highest BCUT2D eigenvalue weighted by molar-refractivity contribution is 5.40. The van der Waals surface area contributed by atoms with Crippen molar-refractivity contribution >= 4 is 5.69 Å². The minimum atomic E-state index is -0.816. The van der Waals surface area contributed by atoms with E-state index in [4.69, 9.17) is 10.5 Å². The lowest BCUT2D eigenvalue weighted by Crippen LogP contribution is -2.00. The van der Waals surface area contributed by atoms with Gasteiger partial charge in [-0.1, -0.05) is 0 Å². The quantitative estimate of drug-likeness (QED) is 0.685. The number of aromatic nitrogens is 1. The topological polar surface area (TPSA) is 91.3 Å². The van der Waals surface area contributed by atoms with Gasteiger partial charge in [-0.2, -0.15) is 0 Å². The van der Waals surface area contributed by atoms with Gasteiger partial charge < -0.3 is 10.5 Å². The summed E-state index contributed by atoms with van der Waals surface area (Å²) in [4.78, 5) is 13.9. The van der Waals surface area contributed by atoms with Gasteiger partial charge in [-0.05, 0) is 24.6 Å². The number of ether oxygens (including phenoxy) is 1. The van der Waals surface area contributed by atoms with Crippen LogP contribution in [0.5, 0.6) is 11.6 Å². The molecule has 0 spiro atoms. The minimum absolute atomic E-state index is 0.119. The van der Waals surface area contributed by atoms with Crippen LogP contribution in [0, 0.1) is 22.9 Å². The normalized spacial score (nSPS) is 10.3. The summed E-state index contributed by atoms with van der Waals surface area (Å²) in [5.41, 5.74) is 6.68. The third-order valence-electron chi connectivity index (χ3n) is 2.66. The average Bonchev–Trinajstić information content (AvgIpc) is 2.42. The third-order valence-corrected chi connectivity index (χ3v) is 2.66. The van der Waals surface area contributed by atoms with Crippen molar-refractivity contribution in [1.82, 2.24) is 4.98 Å². The lowest BCUT2D eigenvalue weighted by molar-refractivity contribution is -0.385. The van der Waals surface area contributed by atoms with Gasteiger partial charge in [-0.3, -0.25) is 10.1 Å². The number of hydrogen-bond acceptors (Lipinski definition) is 5. The van der Waals surface area contributed by atoms with Crippen molar-refractivity contribution in [2.45, 2.75) is 13.5 Å². The molecule has 0 unspecified atom stereocenters. The predicted octanol–water partition coefficient (Wildman–Crippen LogP) is 2.69. The summed E-state index contributed by atoms with van der Waals surface area (Å²) in [7, 11) is 0. The fraction of sp³-hybridized carbons (Fsp3) is 0.154. The second kappa shape index (κ2) is 5.62. The van der Waals surface area contributed by atoms with Gasteiger partial charge in [-0.15, -0.1) is 0 Å². The van der Waals surface area contributed by atoms with Gasteiger partial charge in [0.15, 0.2) is 11.6 Å². The SMILES string of the molecule is Cc1cc(CN)cnc1Oc1ccc([N+](=O)[O-])cc1F. The van der Waals surface area contributed by atoms with Crippen LogP contribution < -0.4 is 10.5 Å². The number of non-ortho nitro benzene ring substituents is 1. The van der Waals surface area contributed by atoms with Gasteiger partial charge in [-0.25, -0.2) is 9.37 Å². The molecule has 1 aromatic carbocycles. The number of nitro benzene ring substituents is 1. The molecule has 0 aliphatic heterocycles. The maximum absolute atomic E-state index is 13.7. The summed E-state index contributed by atoms with van der Waals surface area (Å²) in [6.45, 7) is 2.10. The summed E-state index contributed by atoms with van der Waals surface area (Å²) in [5, 5.41) is 10.5. The van der Waals surface area contributed by atoms with Crippen molar-refractivity contribution in [3.05, 3.63) is 57.5 Å². The molecular formula is C13H12FN3O3. The molecular weight excluding hydrogens is 265 g/mol. The van der Waals surface area contributed by atoms with Crippen molar-refractivity contribution < 1.29 is 14.1 Å². The molecule has 0 radical (unpaired) electrons. The molecule has 7 heteroatoms. The molecule has 0 bridgehead atoms. The zero-order chi connectivity index (χ0) is 14.7. The van der Waals surface area contributed by atoms with Crippen LogP contribution in [0.2, 0.25) is 0 Å². The molecule has 0 aliphatic rings. The zero-order valence-electron chi connectivity index (χ0n) is 10.7. The van der Waals surface area contributed by atoms with Crippen LogP contribution in [0.3, 0.4) is 0 Å². The van der Waals surface area contributed by atoms with E-state index in [1.165, 1.54) is 18.3 Å². The lowest BCUT2D eigenvalue weighted by Gasteiger charge is -2.09. The molecule has 6 nitrogen and oxygen atoms in total. The van der Waals surface area contributed by atoms with Crippen LogP contribution in [0.25, 0.3) is 0 Å². The lowest BCUT2D eigenvalue weighted by atomic mass is 10.2. The number of benzene rings is 1. The van der Waals surface area contributed by atoms with E-state index in [1.807, 2.05) is 0 Å². The molecule has 1 heterocycles. The van der Waals surface area contributed by atoms with Crippen LogP contribution in [0.4, 0.5) is 10.1 Å². The van der Waals surface area contributed by atoms with Crippen LogP contribution >= 0.6 is 0 Å². The first kappa shape index (κ1) is 13.9. The molecule has 0 aliphatic carbocycles. The van der Waals surface area contributed by atoms with Gasteiger partial charge >= 0.3 is 0 Å². The Hall–Kier alpha value is -2.54. The number of pyridine rings is 1. The van der Waals surface area contributed by atoms with Crippen molar-refractivity contribution in [1.29, 1.82) is 0 Å². The fourth-order valence-corrected chi connectivity index (χ4v) is 1.63. The number of aryl methyl sites for hydroxylation is 1. The van der Waals surface area contributed by atoms with Gasteiger partial charge in [0.1, 0.15) is 0 Å². The molecule has 0 saturated carbocycles. The first-order valence-electron chi connectivity index (χ1n) is 5.78. The Kier molecular flexibility index (Phi) is 3.90. The predicted molar refractivity (Wildman–Crippen MR) is 70.0 cm³/mol. The van der Waals surface area contributed by atoms with Crippen molar-refractivity contribution in [3.8, 4) is 11.6 Å². The monoisotopic (exact) mass is 277 g/mol. The molecule has 2 aromatic rings. The second-order valence-corrected chi connectivity index (χ2v) is 4.14. The first-order chi connectivity index (χ1) is 9.51. The van der Waals surface area contributed by atoms with Crippen molar-refractivity contribution in [3.63, 3.8) is 0 Å². The van der Waals surface area contributed by atoms with Crippen LogP contribution in [0.1, 0.15) is 11.1 Å². The molecule has 0 fully saturated rings. The highest BCUT2D eigenvalue weighted by Gasteiger charge is 2.13. The first-order valence-corrected chi connectivity index (χ1v) is 5.78. The Labute approximate surface area is 114 Å². The molecule has 104 valence electrons. The Morgan fingerprint density at radius 2 is 2.20 bits per heavy atom. The minimum Gasteiger partial charge on any atom is -0.436 e. The summed E-state index contributed by atoms with van der Waals surface area (Å²) >= 11 is 0. The average molecular weight is 277 g/mol. The maximum Gasteiger partial charge on any atom is 0.272 e. The number of halogens is 1. The van der Waals surface area contributed by atoms with Crippen molar-refractivity contribution in [2.75, 3.05) is 0 Å². The van der Waals surface area contributed by atoms with Crippen LogP contribution in [-0.2, 0) is 6.54 Å². The van der Waals surface area contributed by atoms with E-state index >= 15 is 0 Å². The maximum atomic E-state index is 13.7. The van der Waals surface area contributed by atoms with Crippen molar-refractivity contribution in [2.24, 2.45) is 5.73 Å². The number of nitro groups is 1. The van der Waals surface area contributed by atoms with Gasteiger partial charge in [0, 0.05) is 24.4 Å². The van der Waals surface area contributed by atoms with Crippen LogP contribution in [-0.4, -0.2) is 9.91 Å². The summed E-state index contributed by atoms with van der Waals surface area (Å²) in [6, 6.07) is 4.96. The molecule has 0 amide bonds. The zero-order valence-corrected chi connectivity index (χ0v) is 10.7. The van der Waals surface area contributed by atoms with Gasteiger partial charge in [0.25, 0.3) is 5.69 Å².